The van der Waals surface area contributed by atoms with Crippen LogP contribution in [0.25, 0.3) is 28.1 Å². The lowest BCUT2D eigenvalue weighted by atomic mass is 10.1. The number of nitrogens with zero attached hydrogens (tertiary/aromatic N) is 7. The molecule has 0 atom stereocenters. The van der Waals surface area contributed by atoms with Crippen molar-refractivity contribution in [3.05, 3.63) is 93.0 Å². The van der Waals surface area contributed by atoms with Crippen molar-refractivity contribution in [2.45, 2.75) is 13.5 Å². The molecule has 0 aliphatic rings. The molecule has 158 valence electrons. The van der Waals surface area contributed by atoms with Crippen LogP contribution >= 0.6 is 0 Å². The third-order valence-electron chi connectivity index (χ3n) is 4.94. The smallest absolute Gasteiger partial charge is 0.294 e. The molecule has 5 aromatic rings. The summed E-state index contributed by atoms with van der Waals surface area (Å²) in [6, 6.07) is 13.8. The van der Waals surface area contributed by atoms with E-state index < -0.39 is 4.92 Å². The van der Waals surface area contributed by atoms with Gasteiger partial charge in [0.15, 0.2) is 5.65 Å². The predicted octanol–water partition coefficient (Wildman–Crippen LogP) is 2.90. The molecule has 5 rings (SSSR count). The lowest BCUT2D eigenvalue weighted by molar-refractivity contribution is -0.384. The SMILES string of the molecule is Cc1ccc(-c2noc(Cn3cnc4c(cnn4-c4ccccc4[N+](=O)[O-])c3=O)n2)cc1. The largest absolute Gasteiger partial charge is 0.337 e. The van der Waals surface area contributed by atoms with Crippen LogP contribution in [0.3, 0.4) is 0 Å². The second kappa shape index (κ2) is 7.54. The van der Waals surface area contributed by atoms with Crippen molar-refractivity contribution >= 4 is 16.7 Å². The maximum atomic E-state index is 13.0. The highest BCUT2D eigenvalue weighted by Gasteiger charge is 2.19. The van der Waals surface area contributed by atoms with Crippen molar-refractivity contribution in [1.82, 2.24) is 29.5 Å². The zero-order valence-electron chi connectivity index (χ0n) is 16.7. The van der Waals surface area contributed by atoms with Crippen LogP contribution < -0.4 is 5.56 Å². The van der Waals surface area contributed by atoms with E-state index in [1.54, 1.807) is 18.2 Å². The van der Waals surface area contributed by atoms with Crippen molar-refractivity contribution in [3.63, 3.8) is 0 Å². The van der Waals surface area contributed by atoms with Gasteiger partial charge in [-0.25, -0.2) is 9.67 Å². The molecule has 0 bridgehead atoms. The summed E-state index contributed by atoms with van der Waals surface area (Å²) < 4.78 is 7.89. The maximum absolute atomic E-state index is 13.0. The summed E-state index contributed by atoms with van der Waals surface area (Å²) in [5.74, 6) is 0.668. The van der Waals surface area contributed by atoms with E-state index in [4.69, 9.17) is 4.52 Å². The molecule has 0 saturated carbocycles. The highest BCUT2D eigenvalue weighted by Crippen LogP contribution is 2.24. The Morgan fingerprint density at radius 3 is 2.69 bits per heavy atom. The van der Waals surface area contributed by atoms with E-state index in [0.717, 1.165) is 11.1 Å². The minimum absolute atomic E-state index is 0.0251. The Morgan fingerprint density at radius 1 is 1.12 bits per heavy atom. The molecule has 32 heavy (non-hydrogen) atoms. The number of aryl methyl sites for hydroxylation is 1. The predicted molar refractivity (Wildman–Crippen MR) is 113 cm³/mol. The van der Waals surface area contributed by atoms with E-state index in [9.17, 15) is 14.9 Å². The first kappa shape index (κ1) is 19.3. The Kier molecular flexibility index (Phi) is 4.55. The standard InChI is InChI=1S/C21H15N7O4/c1-13-6-8-14(9-7-13)19-24-18(32-25-19)11-26-12-22-20-15(21(26)29)10-23-27(20)16-4-2-3-5-17(16)28(30)31/h2-10,12H,11H2,1H3. The molecule has 0 aliphatic heterocycles. The fourth-order valence-electron chi connectivity index (χ4n) is 3.32. The zero-order valence-corrected chi connectivity index (χ0v) is 16.7. The van der Waals surface area contributed by atoms with Gasteiger partial charge in [-0.15, -0.1) is 0 Å². The average molecular weight is 429 g/mol. The molecule has 3 aromatic heterocycles. The minimum atomic E-state index is -0.509. The number of nitro benzene ring substituents is 1. The minimum Gasteiger partial charge on any atom is -0.337 e. The molecule has 0 N–H and O–H groups in total. The Bertz CT molecular complexity index is 1520. The highest BCUT2D eigenvalue weighted by molar-refractivity contribution is 5.76. The third kappa shape index (κ3) is 3.31. The number of rotatable bonds is 5. The van der Waals surface area contributed by atoms with E-state index >= 15 is 0 Å². The van der Waals surface area contributed by atoms with Gasteiger partial charge in [0.1, 0.15) is 23.9 Å². The Labute approximate surface area is 179 Å². The first-order chi connectivity index (χ1) is 15.5. The molecule has 0 radical (unpaired) electrons. The Hall–Kier alpha value is -4.67. The van der Waals surface area contributed by atoms with Crippen LogP contribution in [0.1, 0.15) is 11.5 Å². The number of fused-ring (bicyclic) bond motifs is 1. The van der Waals surface area contributed by atoms with E-state index in [1.165, 1.54) is 27.8 Å². The molecular weight excluding hydrogens is 414 g/mol. The summed E-state index contributed by atoms with van der Waals surface area (Å²) in [5, 5.41) is 19.7. The van der Waals surface area contributed by atoms with Gasteiger partial charge >= 0.3 is 0 Å². The number of benzene rings is 2. The fraction of sp³-hybridized carbons (Fsp3) is 0.0952. The quantitative estimate of drug-likeness (QED) is 0.307. The normalized spacial score (nSPS) is 11.2. The molecular formula is C21H15N7O4. The van der Waals surface area contributed by atoms with Crippen LogP contribution in [0.2, 0.25) is 0 Å². The average Bonchev–Trinajstić information content (AvgIpc) is 3.44. The topological polar surface area (TPSA) is 135 Å². The van der Waals surface area contributed by atoms with Gasteiger partial charge in [0.05, 0.1) is 11.1 Å². The van der Waals surface area contributed by atoms with Crippen LogP contribution in [-0.2, 0) is 6.54 Å². The van der Waals surface area contributed by atoms with Crippen LogP contribution in [-0.4, -0.2) is 34.4 Å². The van der Waals surface area contributed by atoms with E-state index in [0.29, 0.717) is 5.82 Å². The first-order valence-electron chi connectivity index (χ1n) is 9.58. The van der Waals surface area contributed by atoms with Gasteiger partial charge in [-0.05, 0) is 13.0 Å². The van der Waals surface area contributed by atoms with Gasteiger partial charge in [0.2, 0.25) is 11.7 Å². The molecule has 2 aromatic carbocycles. The summed E-state index contributed by atoms with van der Waals surface area (Å²) in [4.78, 5) is 32.5. The number of aromatic nitrogens is 6. The van der Waals surface area contributed by atoms with Crippen molar-refractivity contribution < 1.29 is 9.45 Å². The molecule has 0 saturated heterocycles. The number of para-hydroxylation sites is 2. The summed E-state index contributed by atoms with van der Waals surface area (Å²) in [5.41, 5.74) is 1.83. The zero-order chi connectivity index (χ0) is 22.2. The molecule has 0 spiro atoms. The molecule has 0 amide bonds. The molecule has 0 aliphatic carbocycles. The monoisotopic (exact) mass is 429 g/mol. The summed E-state index contributed by atoms with van der Waals surface area (Å²) in [6.07, 6.45) is 2.66. The first-order valence-corrected chi connectivity index (χ1v) is 9.58. The molecule has 3 heterocycles. The van der Waals surface area contributed by atoms with Crippen LogP contribution in [0.5, 0.6) is 0 Å². The van der Waals surface area contributed by atoms with Crippen molar-refractivity contribution in [1.29, 1.82) is 0 Å². The maximum Gasteiger partial charge on any atom is 0.294 e. The van der Waals surface area contributed by atoms with Crippen LogP contribution in [0.4, 0.5) is 5.69 Å². The summed E-state index contributed by atoms with van der Waals surface area (Å²) >= 11 is 0. The molecule has 11 heteroatoms. The molecule has 0 fully saturated rings. The van der Waals surface area contributed by atoms with Gasteiger partial charge < -0.3 is 4.52 Å². The Morgan fingerprint density at radius 2 is 1.91 bits per heavy atom. The second-order valence-corrected chi connectivity index (χ2v) is 7.09. The number of hydrogen-bond acceptors (Lipinski definition) is 8. The van der Waals surface area contributed by atoms with Gasteiger partial charge in [-0.1, -0.05) is 47.1 Å². The third-order valence-corrected chi connectivity index (χ3v) is 4.94. The summed E-state index contributed by atoms with van der Waals surface area (Å²) in [6.45, 7) is 2.01. The Balaban J connectivity index is 1.49. The van der Waals surface area contributed by atoms with Crippen molar-refractivity contribution in [2.24, 2.45) is 0 Å². The highest BCUT2D eigenvalue weighted by atomic mass is 16.6. The number of hydrogen-bond donors (Lipinski definition) is 0. The molecule has 11 nitrogen and oxygen atoms in total. The van der Waals surface area contributed by atoms with Gasteiger partial charge in [-0.3, -0.25) is 19.5 Å². The summed E-state index contributed by atoms with van der Waals surface area (Å²) in [7, 11) is 0. The van der Waals surface area contributed by atoms with Gasteiger partial charge in [-0.2, -0.15) is 10.1 Å². The lowest BCUT2D eigenvalue weighted by Gasteiger charge is -2.05. The fourth-order valence-corrected chi connectivity index (χ4v) is 3.32. The lowest BCUT2D eigenvalue weighted by Crippen LogP contribution is -2.21. The molecule has 0 unspecified atom stereocenters. The van der Waals surface area contributed by atoms with Crippen LogP contribution in [0.15, 0.2) is 70.4 Å². The van der Waals surface area contributed by atoms with Crippen molar-refractivity contribution in [3.8, 4) is 17.1 Å². The van der Waals surface area contributed by atoms with E-state index in [1.807, 2.05) is 31.2 Å². The van der Waals surface area contributed by atoms with E-state index in [2.05, 4.69) is 20.2 Å². The van der Waals surface area contributed by atoms with Crippen molar-refractivity contribution in [2.75, 3.05) is 0 Å². The van der Waals surface area contributed by atoms with Gasteiger partial charge in [0, 0.05) is 11.6 Å². The van der Waals surface area contributed by atoms with Gasteiger partial charge in [0.25, 0.3) is 11.2 Å². The second-order valence-electron chi connectivity index (χ2n) is 7.09. The van der Waals surface area contributed by atoms with E-state index in [-0.39, 0.29) is 40.4 Å². The number of nitro groups is 1. The van der Waals surface area contributed by atoms with Crippen LogP contribution in [0, 0.1) is 17.0 Å².